The van der Waals surface area contributed by atoms with Gasteiger partial charge < -0.3 is 13.3 Å². The topological polar surface area (TPSA) is 104 Å². The predicted octanol–water partition coefficient (Wildman–Crippen LogP) is 12.7. The standard InChI is InChI=1S/C49H27N5O3/c1-3-13-28(14-4-1)46-50-42(45-43(51-46)33-18-8-10-23-38(33)57-45)30-25-26-39-36(27-30)41-34(20-12-24-40(41)55-39)48-52-47(29-15-5-2-6-16-29)53-49(54-48)35-21-11-19-32-31-17-7-9-22-37(31)56-44(32)35/h1-27H. The molecule has 8 heteroatoms. The molecular weight excluding hydrogens is 707 g/mol. The lowest BCUT2D eigenvalue weighted by Gasteiger charge is -2.10. The largest absolute Gasteiger partial charge is 0.456 e. The summed E-state index contributed by atoms with van der Waals surface area (Å²) in [6.07, 6.45) is 0. The minimum atomic E-state index is 0.510. The Balaban J connectivity index is 1.10. The van der Waals surface area contributed by atoms with Gasteiger partial charge in [-0.15, -0.1) is 0 Å². The molecule has 0 bridgehead atoms. The number of benzene rings is 7. The zero-order valence-corrected chi connectivity index (χ0v) is 30.0. The third kappa shape index (κ3) is 4.97. The second-order valence-electron chi connectivity index (χ2n) is 14.0. The van der Waals surface area contributed by atoms with E-state index in [1.165, 1.54) is 0 Å². The molecule has 8 nitrogen and oxygen atoms in total. The lowest BCUT2D eigenvalue weighted by atomic mass is 10.0. The molecule has 57 heavy (non-hydrogen) atoms. The van der Waals surface area contributed by atoms with Crippen molar-refractivity contribution in [2.45, 2.75) is 0 Å². The zero-order valence-electron chi connectivity index (χ0n) is 30.0. The summed E-state index contributed by atoms with van der Waals surface area (Å²) < 4.78 is 19.4. The maximum Gasteiger partial charge on any atom is 0.180 e. The number of hydrogen-bond acceptors (Lipinski definition) is 8. The highest BCUT2D eigenvalue weighted by atomic mass is 16.3. The fourth-order valence-electron chi connectivity index (χ4n) is 7.92. The number of rotatable bonds is 5. The number of hydrogen-bond donors (Lipinski definition) is 0. The van der Waals surface area contributed by atoms with Gasteiger partial charge in [0.05, 0.1) is 5.56 Å². The number of fused-ring (bicyclic) bond motifs is 9. The second-order valence-corrected chi connectivity index (χ2v) is 14.0. The van der Waals surface area contributed by atoms with E-state index in [4.69, 9.17) is 38.2 Å². The molecule has 266 valence electrons. The Hall–Kier alpha value is -7.97. The van der Waals surface area contributed by atoms with Crippen LogP contribution in [0.3, 0.4) is 0 Å². The Morgan fingerprint density at radius 1 is 0.316 bits per heavy atom. The molecule has 0 N–H and O–H groups in total. The highest BCUT2D eigenvalue weighted by Crippen LogP contribution is 2.42. The number of para-hydroxylation sites is 3. The summed E-state index contributed by atoms with van der Waals surface area (Å²) in [5.74, 6) is 2.19. The molecule has 12 aromatic rings. The molecule has 0 amide bonds. The Morgan fingerprint density at radius 3 is 1.67 bits per heavy atom. The lowest BCUT2D eigenvalue weighted by Crippen LogP contribution is -2.00. The molecule has 0 spiro atoms. The van der Waals surface area contributed by atoms with Gasteiger partial charge in [-0.3, -0.25) is 0 Å². The average molecular weight is 734 g/mol. The first-order valence-corrected chi connectivity index (χ1v) is 18.7. The van der Waals surface area contributed by atoms with Gasteiger partial charge in [0.15, 0.2) is 28.9 Å². The first-order chi connectivity index (χ1) is 28.2. The first-order valence-electron chi connectivity index (χ1n) is 18.7. The van der Waals surface area contributed by atoms with E-state index in [-0.39, 0.29) is 0 Å². The van der Waals surface area contributed by atoms with Gasteiger partial charge in [0, 0.05) is 49.2 Å². The van der Waals surface area contributed by atoms with E-state index in [2.05, 4.69) is 18.2 Å². The average Bonchev–Trinajstić information content (AvgIpc) is 3.98. The predicted molar refractivity (Wildman–Crippen MR) is 224 cm³/mol. The molecule has 0 aliphatic rings. The second kappa shape index (κ2) is 12.3. The summed E-state index contributed by atoms with van der Waals surface area (Å²) in [7, 11) is 0. The fraction of sp³-hybridized carbons (Fsp3) is 0. The fourth-order valence-corrected chi connectivity index (χ4v) is 7.92. The van der Waals surface area contributed by atoms with E-state index in [1.807, 2.05) is 146 Å². The van der Waals surface area contributed by atoms with Crippen LogP contribution in [0.15, 0.2) is 177 Å². The summed E-state index contributed by atoms with van der Waals surface area (Å²) >= 11 is 0. The summed E-state index contributed by atoms with van der Waals surface area (Å²) in [6.45, 7) is 0. The van der Waals surface area contributed by atoms with Crippen molar-refractivity contribution in [3.63, 3.8) is 0 Å². The van der Waals surface area contributed by atoms with Crippen LogP contribution < -0.4 is 0 Å². The lowest BCUT2D eigenvalue weighted by molar-refractivity contribution is 0.666. The van der Waals surface area contributed by atoms with Crippen LogP contribution in [0.2, 0.25) is 0 Å². The minimum Gasteiger partial charge on any atom is -0.456 e. The molecule has 0 aliphatic heterocycles. The van der Waals surface area contributed by atoms with E-state index in [9.17, 15) is 0 Å². The van der Waals surface area contributed by atoms with Gasteiger partial charge in [-0.2, -0.15) is 0 Å². The number of furan rings is 3. The molecular formula is C49H27N5O3. The third-order valence-corrected chi connectivity index (χ3v) is 10.6. The Morgan fingerprint density at radius 2 is 0.877 bits per heavy atom. The van der Waals surface area contributed by atoms with Crippen LogP contribution in [-0.4, -0.2) is 24.9 Å². The Labute approximate surface area is 323 Å². The van der Waals surface area contributed by atoms with Gasteiger partial charge in [-0.05, 0) is 48.5 Å². The van der Waals surface area contributed by atoms with Gasteiger partial charge in [-0.1, -0.05) is 115 Å². The summed E-state index contributed by atoms with van der Waals surface area (Å²) in [5, 5.41) is 4.75. The summed E-state index contributed by atoms with van der Waals surface area (Å²) in [4.78, 5) is 25.5. The smallest absolute Gasteiger partial charge is 0.180 e. The van der Waals surface area contributed by atoms with Gasteiger partial charge in [0.1, 0.15) is 39.1 Å². The van der Waals surface area contributed by atoms with Crippen molar-refractivity contribution >= 4 is 65.9 Å². The monoisotopic (exact) mass is 733 g/mol. The van der Waals surface area contributed by atoms with E-state index in [0.717, 1.165) is 82.6 Å². The first kappa shape index (κ1) is 31.4. The van der Waals surface area contributed by atoms with Crippen LogP contribution in [0, 0.1) is 0 Å². The van der Waals surface area contributed by atoms with Gasteiger partial charge in [0.2, 0.25) is 0 Å². The minimum absolute atomic E-state index is 0.510. The molecule has 5 heterocycles. The van der Waals surface area contributed by atoms with Crippen LogP contribution in [0.1, 0.15) is 0 Å². The quantitative estimate of drug-likeness (QED) is 0.172. The normalized spacial score (nSPS) is 11.9. The highest BCUT2D eigenvalue weighted by Gasteiger charge is 2.23. The van der Waals surface area contributed by atoms with Gasteiger partial charge in [-0.25, -0.2) is 24.9 Å². The number of aromatic nitrogens is 5. The molecule has 0 radical (unpaired) electrons. The van der Waals surface area contributed by atoms with Crippen LogP contribution in [-0.2, 0) is 0 Å². The molecule has 5 aromatic heterocycles. The van der Waals surface area contributed by atoms with Crippen molar-refractivity contribution in [1.29, 1.82) is 0 Å². The Kier molecular flexibility index (Phi) is 6.76. The van der Waals surface area contributed by atoms with Crippen LogP contribution in [0.4, 0.5) is 0 Å². The van der Waals surface area contributed by atoms with E-state index in [0.29, 0.717) is 40.2 Å². The molecule has 0 atom stereocenters. The van der Waals surface area contributed by atoms with Crippen LogP contribution >= 0.6 is 0 Å². The highest BCUT2D eigenvalue weighted by molar-refractivity contribution is 6.14. The van der Waals surface area contributed by atoms with Crippen molar-refractivity contribution in [3.05, 3.63) is 164 Å². The Bertz CT molecular complexity index is 3530. The third-order valence-electron chi connectivity index (χ3n) is 10.6. The van der Waals surface area contributed by atoms with Gasteiger partial charge >= 0.3 is 0 Å². The van der Waals surface area contributed by atoms with Crippen molar-refractivity contribution in [2.75, 3.05) is 0 Å². The van der Waals surface area contributed by atoms with Gasteiger partial charge in [0.25, 0.3) is 0 Å². The molecule has 0 aliphatic carbocycles. The van der Waals surface area contributed by atoms with Crippen LogP contribution in [0.25, 0.3) is 123 Å². The van der Waals surface area contributed by atoms with Crippen molar-refractivity contribution in [3.8, 4) is 56.8 Å². The van der Waals surface area contributed by atoms with E-state index >= 15 is 0 Å². The van der Waals surface area contributed by atoms with Crippen molar-refractivity contribution < 1.29 is 13.3 Å². The number of nitrogens with zero attached hydrogens (tertiary/aromatic N) is 5. The summed E-state index contributed by atoms with van der Waals surface area (Å²) in [5.41, 5.74) is 10.0. The molecule has 0 saturated carbocycles. The van der Waals surface area contributed by atoms with E-state index in [1.54, 1.807) is 0 Å². The molecule has 0 fully saturated rings. The molecule has 12 rings (SSSR count). The molecule has 0 unspecified atom stereocenters. The summed E-state index contributed by atoms with van der Waals surface area (Å²) in [6, 6.07) is 54.2. The molecule has 0 saturated heterocycles. The molecule has 7 aromatic carbocycles. The van der Waals surface area contributed by atoms with Crippen LogP contribution in [0.5, 0.6) is 0 Å². The maximum atomic E-state index is 6.51. The maximum absolute atomic E-state index is 6.51. The SMILES string of the molecule is c1ccc(-c2nc(-c3cccc4c3oc3ccccc34)nc(-c3cccc4oc5ccc(-c6nc(-c7ccccc7)nc7c6oc6ccccc67)cc5c34)n2)cc1. The van der Waals surface area contributed by atoms with E-state index < -0.39 is 0 Å². The van der Waals surface area contributed by atoms with Crippen molar-refractivity contribution in [1.82, 2.24) is 24.9 Å². The van der Waals surface area contributed by atoms with Crippen molar-refractivity contribution in [2.24, 2.45) is 0 Å². The zero-order chi connectivity index (χ0) is 37.5.